The molecule has 0 saturated carbocycles. The fourth-order valence-electron chi connectivity index (χ4n) is 0.863. The van der Waals surface area contributed by atoms with Crippen LogP contribution in [-0.2, 0) is 27.2 Å². The van der Waals surface area contributed by atoms with Crippen LogP contribution in [0.4, 0.5) is 0 Å². The average Bonchev–Trinajstić information content (AvgIpc) is 2.34. The fourth-order valence-corrected chi connectivity index (χ4v) is 2.08. The van der Waals surface area contributed by atoms with Crippen molar-refractivity contribution in [3.63, 3.8) is 0 Å². The smallest absolute Gasteiger partial charge is 0.429 e. The lowest BCUT2D eigenvalue weighted by Gasteiger charge is -2.26. The molecule has 0 rings (SSSR count). The third-order valence-corrected chi connectivity index (χ3v) is 3.80. The summed E-state index contributed by atoms with van der Waals surface area (Å²) in [5, 5.41) is 0. The lowest BCUT2D eigenvalue weighted by Crippen LogP contribution is -2.49. The van der Waals surface area contributed by atoms with E-state index in [1.807, 2.05) is 0 Å². The molecule has 0 saturated heterocycles. The molecule has 0 radical (unpaired) electrons. The third-order valence-electron chi connectivity index (χ3n) is 1.77. The van der Waals surface area contributed by atoms with Crippen molar-refractivity contribution in [1.29, 1.82) is 0 Å². The third kappa shape index (κ3) is 4.80. The fraction of sp³-hybridized carbons (Fsp3) is 0.500. The van der Waals surface area contributed by atoms with E-state index in [0.29, 0.717) is 0 Å². The zero-order chi connectivity index (χ0) is 13.5. The van der Waals surface area contributed by atoms with Gasteiger partial charge in [-0.2, -0.15) is 0 Å². The van der Waals surface area contributed by atoms with Gasteiger partial charge in [0.1, 0.15) is 0 Å². The number of carbonyl (C=O) groups excluding carboxylic acids is 1. The lowest BCUT2D eigenvalue weighted by atomic mass is 10.4. The monoisotopic (exact) mass is 262 g/mol. The number of rotatable bonds is 8. The molecule has 0 fully saturated rings. The number of esters is 1. The predicted octanol–water partition coefficient (Wildman–Crippen LogP) is 1.01. The summed E-state index contributed by atoms with van der Waals surface area (Å²) < 4.78 is 25.3. The van der Waals surface area contributed by atoms with Crippen LogP contribution in [0.1, 0.15) is 6.92 Å². The number of carbonyl (C=O) groups is 1. The maximum absolute atomic E-state index is 11.3. The Morgan fingerprint density at radius 2 is 1.71 bits per heavy atom. The van der Waals surface area contributed by atoms with Gasteiger partial charge in [-0.3, -0.25) is 0 Å². The number of hydrogen-bond donors (Lipinski definition) is 0. The molecule has 0 aliphatic carbocycles. The van der Waals surface area contributed by atoms with Crippen molar-refractivity contribution >= 4 is 15.0 Å². The molecule has 6 nitrogen and oxygen atoms in total. The van der Waals surface area contributed by atoms with Crippen molar-refractivity contribution in [2.75, 3.05) is 21.3 Å². The quantitative estimate of drug-likeness (QED) is 0.214. The van der Waals surface area contributed by atoms with Crippen LogP contribution < -0.4 is 0 Å². The zero-order valence-corrected chi connectivity index (χ0v) is 11.5. The second-order valence-electron chi connectivity index (χ2n) is 3.02. The topological polar surface area (TPSA) is 63.2 Å². The Bertz CT molecular complexity index is 278. The predicted molar refractivity (Wildman–Crippen MR) is 62.8 cm³/mol. The minimum Gasteiger partial charge on any atom is -0.429 e. The van der Waals surface area contributed by atoms with Gasteiger partial charge < -0.3 is 22.4 Å². The van der Waals surface area contributed by atoms with Gasteiger partial charge in [0, 0.05) is 26.9 Å². The number of hydrogen-bond acceptors (Lipinski definition) is 6. The Morgan fingerprint density at radius 1 is 1.24 bits per heavy atom. The largest absolute Gasteiger partial charge is 0.681 e. The average molecular weight is 262 g/mol. The van der Waals surface area contributed by atoms with E-state index in [-0.39, 0.29) is 5.57 Å². The van der Waals surface area contributed by atoms with Gasteiger partial charge >= 0.3 is 15.0 Å². The Labute approximate surface area is 102 Å². The first-order valence-electron chi connectivity index (χ1n) is 4.77. The van der Waals surface area contributed by atoms with Crippen LogP contribution in [0.2, 0.25) is 0 Å². The van der Waals surface area contributed by atoms with Crippen molar-refractivity contribution in [2.24, 2.45) is 0 Å². The lowest BCUT2D eigenvalue weighted by molar-refractivity contribution is -0.162. The van der Waals surface area contributed by atoms with Gasteiger partial charge in [0.2, 0.25) is 6.29 Å². The maximum atomic E-state index is 11.3. The molecule has 0 aromatic heterocycles. The summed E-state index contributed by atoms with van der Waals surface area (Å²) in [6.45, 7) is 8.46. The minimum atomic E-state index is -3.28. The SMILES string of the molecule is C=CC(OC(=O)C(=C)C)O[Si](OC)(OC)OC. The summed E-state index contributed by atoms with van der Waals surface area (Å²) in [5.74, 6) is -0.596. The van der Waals surface area contributed by atoms with Gasteiger partial charge in [-0.1, -0.05) is 13.2 Å². The summed E-state index contributed by atoms with van der Waals surface area (Å²) in [5.41, 5.74) is 0.250. The molecule has 17 heavy (non-hydrogen) atoms. The summed E-state index contributed by atoms with van der Waals surface area (Å²) in [6.07, 6.45) is 0.269. The van der Waals surface area contributed by atoms with Crippen LogP contribution in [0.25, 0.3) is 0 Å². The van der Waals surface area contributed by atoms with E-state index in [1.165, 1.54) is 34.3 Å². The standard InChI is InChI=1S/C10H18O6Si/c1-7-9(15-10(11)8(2)3)16-17(12-4,13-5)14-6/h7,9H,1-2H2,3-6H3. The van der Waals surface area contributed by atoms with Gasteiger partial charge in [0.25, 0.3) is 0 Å². The molecule has 0 bridgehead atoms. The van der Waals surface area contributed by atoms with Gasteiger partial charge in [0.15, 0.2) is 0 Å². The zero-order valence-electron chi connectivity index (χ0n) is 10.5. The van der Waals surface area contributed by atoms with E-state index in [1.54, 1.807) is 0 Å². The molecule has 1 unspecified atom stereocenters. The van der Waals surface area contributed by atoms with Crippen molar-refractivity contribution in [3.8, 4) is 0 Å². The Morgan fingerprint density at radius 3 is 2.00 bits per heavy atom. The highest BCUT2D eigenvalue weighted by atomic mass is 28.4. The highest BCUT2D eigenvalue weighted by Gasteiger charge is 2.45. The summed E-state index contributed by atoms with van der Waals surface area (Å²) in [4.78, 5) is 11.3. The molecule has 1 atom stereocenters. The maximum Gasteiger partial charge on any atom is 0.681 e. The summed E-state index contributed by atoms with van der Waals surface area (Å²) in [7, 11) is 0.844. The Hall–Kier alpha value is -0.993. The molecule has 98 valence electrons. The molecular weight excluding hydrogens is 244 g/mol. The molecule has 0 aromatic rings. The van der Waals surface area contributed by atoms with Crippen LogP contribution in [0.3, 0.4) is 0 Å². The van der Waals surface area contributed by atoms with E-state index in [4.69, 9.17) is 22.4 Å². The molecule has 0 spiro atoms. The van der Waals surface area contributed by atoms with E-state index < -0.39 is 21.3 Å². The Kier molecular flexibility index (Phi) is 6.93. The molecule has 0 aliphatic rings. The van der Waals surface area contributed by atoms with E-state index in [2.05, 4.69) is 13.2 Å². The second-order valence-corrected chi connectivity index (χ2v) is 5.48. The normalized spacial score (nSPS) is 12.9. The molecule has 0 amide bonds. The first-order chi connectivity index (χ1) is 7.94. The molecule has 0 aliphatic heterocycles. The van der Waals surface area contributed by atoms with E-state index >= 15 is 0 Å². The van der Waals surface area contributed by atoms with Crippen molar-refractivity contribution < 1.29 is 27.2 Å². The molecule has 0 heterocycles. The van der Waals surface area contributed by atoms with Crippen molar-refractivity contribution in [2.45, 2.75) is 13.2 Å². The number of ether oxygens (including phenoxy) is 1. The summed E-state index contributed by atoms with van der Waals surface area (Å²) in [6, 6.07) is 0. The highest BCUT2D eigenvalue weighted by molar-refractivity contribution is 6.53. The second kappa shape index (κ2) is 7.36. The van der Waals surface area contributed by atoms with Crippen LogP contribution in [0.15, 0.2) is 24.8 Å². The molecule has 7 heteroatoms. The first kappa shape index (κ1) is 16.0. The summed E-state index contributed by atoms with van der Waals surface area (Å²) >= 11 is 0. The van der Waals surface area contributed by atoms with Crippen LogP contribution in [0, 0.1) is 0 Å². The van der Waals surface area contributed by atoms with E-state index in [9.17, 15) is 4.79 Å². The van der Waals surface area contributed by atoms with E-state index in [0.717, 1.165) is 0 Å². The van der Waals surface area contributed by atoms with Gasteiger partial charge in [-0.25, -0.2) is 4.79 Å². The van der Waals surface area contributed by atoms with Crippen molar-refractivity contribution in [3.05, 3.63) is 24.8 Å². The minimum absolute atomic E-state index is 0.250. The van der Waals surface area contributed by atoms with Crippen LogP contribution >= 0.6 is 0 Å². The van der Waals surface area contributed by atoms with Crippen LogP contribution in [0.5, 0.6) is 0 Å². The molecule has 0 aromatic carbocycles. The van der Waals surface area contributed by atoms with Crippen molar-refractivity contribution in [1.82, 2.24) is 0 Å². The van der Waals surface area contributed by atoms with Gasteiger partial charge in [0.05, 0.1) is 0 Å². The first-order valence-corrected chi connectivity index (χ1v) is 6.40. The highest BCUT2D eigenvalue weighted by Crippen LogP contribution is 2.13. The van der Waals surface area contributed by atoms with Crippen LogP contribution in [-0.4, -0.2) is 42.6 Å². The van der Waals surface area contributed by atoms with Gasteiger partial charge in [-0.15, -0.1) is 0 Å². The molecule has 0 N–H and O–H groups in total. The van der Waals surface area contributed by atoms with Gasteiger partial charge in [-0.05, 0) is 13.0 Å². The molecular formula is C10H18O6Si. The Balaban J connectivity index is 4.63.